The number of likely N-dealkylation sites (tertiary alicyclic amines) is 1. The molecule has 1 heterocycles. The largest absolute Gasteiger partial charge is 0.480 e. The van der Waals surface area contributed by atoms with Crippen molar-refractivity contribution >= 4 is 5.97 Å². The van der Waals surface area contributed by atoms with E-state index >= 15 is 0 Å². The van der Waals surface area contributed by atoms with Crippen LogP contribution in [-0.2, 0) is 4.79 Å². The molecule has 0 aromatic carbocycles. The first-order valence-corrected chi connectivity index (χ1v) is 5.15. The van der Waals surface area contributed by atoms with Crippen LogP contribution in [0.1, 0.15) is 33.1 Å². The zero-order valence-electron chi connectivity index (χ0n) is 8.49. The van der Waals surface area contributed by atoms with Gasteiger partial charge in [0.2, 0.25) is 0 Å². The minimum absolute atomic E-state index is 0.242. The van der Waals surface area contributed by atoms with Gasteiger partial charge in [0.15, 0.2) is 0 Å². The van der Waals surface area contributed by atoms with Gasteiger partial charge in [-0.3, -0.25) is 9.69 Å². The Hall–Kier alpha value is -0.570. The number of carboxylic acids is 1. The van der Waals surface area contributed by atoms with Crippen LogP contribution in [0.25, 0.3) is 0 Å². The Morgan fingerprint density at radius 1 is 1.54 bits per heavy atom. The summed E-state index contributed by atoms with van der Waals surface area (Å²) in [4.78, 5) is 12.9. The van der Waals surface area contributed by atoms with E-state index in [4.69, 9.17) is 5.11 Å². The van der Waals surface area contributed by atoms with Crippen LogP contribution < -0.4 is 0 Å². The summed E-state index contributed by atoms with van der Waals surface area (Å²) in [6, 6.07) is -0.242. The van der Waals surface area contributed by atoms with Gasteiger partial charge in [0.05, 0.1) is 0 Å². The molecule has 0 spiro atoms. The van der Waals surface area contributed by atoms with Crippen LogP contribution in [0, 0.1) is 5.92 Å². The third-order valence-electron chi connectivity index (χ3n) is 2.79. The molecule has 0 aromatic rings. The normalized spacial score (nSPS) is 21.1. The molecule has 13 heavy (non-hydrogen) atoms. The van der Waals surface area contributed by atoms with Gasteiger partial charge >= 0.3 is 5.97 Å². The number of hydrogen-bond acceptors (Lipinski definition) is 2. The monoisotopic (exact) mass is 185 g/mol. The fourth-order valence-electron chi connectivity index (χ4n) is 2.04. The lowest BCUT2D eigenvalue weighted by Gasteiger charge is -2.42. The lowest BCUT2D eigenvalue weighted by atomic mass is 9.92. The van der Waals surface area contributed by atoms with Gasteiger partial charge in [0, 0.05) is 13.1 Å². The van der Waals surface area contributed by atoms with Crippen molar-refractivity contribution in [3.63, 3.8) is 0 Å². The van der Waals surface area contributed by atoms with Crippen molar-refractivity contribution in [1.82, 2.24) is 4.90 Å². The highest BCUT2D eigenvalue weighted by atomic mass is 16.4. The Balaban J connectivity index is 2.28. The molecule has 0 saturated carbocycles. The standard InChI is InChI=1S/C10H19NO2/c1-3-5-8-6-11(7-8)9(4-2)10(12)13/h8-9H,3-7H2,1-2H3,(H,12,13). The maximum absolute atomic E-state index is 10.8. The molecule has 0 aliphatic carbocycles. The summed E-state index contributed by atoms with van der Waals surface area (Å²) in [7, 11) is 0. The number of nitrogens with zero attached hydrogens (tertiary/aromatic N) is 1. The minimum atomic E-state index is -0.669. The first kappa shape index (κ1) is 10.5. The van der Waals surface area contributed by atoms with Gasteiger partial charge < -0.3 is 5.11 Å². The van der Waals surface area contributed by atoms with Crippen molar-refractivity contribution < 1.29 is 9.90 Å². The Morgan fingerprint density at radius 2 is 2.15 bits per heavy atom. The molecule has 0 aromatic heterocycles. The summed E-state index contributed by atoms with van der Waals surface area (Å²) in [5.41, 5.74) is 0. The molecule has 1 aliphatic heterocycles. The zero-order valence-corrected chi connectivity index (χ0v) is 8.49. The van der Waals surface area contributed by atoms with E-state index in [2.05, 4.69) is 11.8 Å². The topological polar surface area (TPSA) is 40.5 Å². The van der Waals surface area contributed by atoms with E-state index in [0.717, 1.165) is 19.0 Å². The van der Waals surface area contributed by atoms with Crippen LogP contribution in [0.15, 0.2) is 0 Å². The molecule has 0 radical (unpaired) electrons. The first-order valence-electron chi connectivity index (χ1n) is 5.15. The van der Waals surface area contributed by atoms with Gasteiger partial charge in [0.25, 0.3) is 0 Å². The van der Waals surface area contributed by atoms with E-state index in [1.165, 1.54) is 12.8 Å². The van der Waals surface area contributed by atoms with Gasteiger partial charge in [-0.15, -0.1) is 0 Å². The average molecular weight is 185 g/mol. The number of hydrogen-bond donors (Lipinski definition) is 1. The van der Waals surface area contributed by atoms with Crippen molar-refractivity contribution in [2.45, 2.75) is 39.2 Å². The second-order valence-corrected chi connectivity index (χ2v) is 3.87. The highest BCUT2D eigenvalue weighted by Crippen LogP contribution is 2.23. The van der Waals surface area contributed by atoms with E-state index < -0.39 is 5.97 Å². The van der Waals surface area contributed by atoms with Gasteiger partial charge in [-0.2, -0.15) is 0 Å². The summed E-state index contributed by atoms with van der Waals surface area (Å²) in [6.07, 6.45) is 3.17. The molecule has 76 valence electrons. The second kappa shape index (κ2) is 4.61. The third kappa shape index (κ3) is 2.44. The maximum atomic E-state index is 10.8. The summed E-state index contributed by atoms with van der Waals surface area (Å²) < 4.78 is 0. The lowest BCUT2D eigenvalue weighted by molar-refractivity contribution is -0.146. The van der Waals surface area contributed by atoms with Crippen LogP contribution in [-0.4, -0.2) is 35.1 Å². The van der Waals surface area contributed by atoms with Gasteiger partial charge in [-0.1, -0.05) is 20.3 Å². The summed E-state index contributed by atoms with van der Waals surface area (Å²) in [6.45, 7) is 6.08. The van der Waals surface area contributed by atoms with E-state index in [9.17, 15) is 4.79 Å². The van der Waals surface area contributed by atoms with E-state index in [1.54, 1.807) is 0 Å². The van der Waals surface area contributed by atoms with Crippen LogP contribution in [0.3, 0.4) is 0 Å². The van der Waals surface area contributed by atoms with E-state index in [-0.39, 0.29) is 6.04 Å². The SMILES string of the molecule is CCCC1CN(C(CC)C(=O)O)C1. The molecule has 1 aliphatic rings. The average Bonchev–Trinajstić information content (AvgIpc) is 2.00. The number of aliphatic carboxylic acids is 1. The molecular formula is C10H19NO2. The van der Waals surface area contributed by atoms with Gasteiger partial charge in [-0.25, -0.2) is 0 Å². The quantitative estimate of drug-likeness (QED) is 0.707. The predicted octanol–water partition coefficient (Wildman–Crippen LogP) is 1.58. The molecule has 1 saturated heterocycles. The minimum Gasteiger partial charge on any atom is -0.480 e. The van der Waals surface area contributed by atoms with Gasteiger partial charge in [0.1, 0.15) is 6.04 Å². The molecular weight excluding hydrogens is 166 g/mol. The predicted molar refractivity (Wildman–Crippen MR) is 51.7 cm³/mol. The Morgan fingerprint density at radius 3 is 2.54 bits per heavy atom. The van der Waals surface area contributed by atoms with Crippen molar-refractivity contribution in [3.8, 4) is 0 Å². The Bertz CT molecular complexity index is 176. The van der Waals surface area contributed by atoms with Crippen LogP contribution >= 0.6 is 0 Å². The second-order valence-electron chi connectivity index (χ2n) is 3.87. The fourth-order valence-corrected chi connectivity index (χ4v) is 2.04. The van der Waals surface area contributed by atoms with Crippen LogP contribution in [0.4, 0.5) is 0 Å². The van der Waals surface area contributed by atoms with Gasteiger partial charge in [-0.05, 0) is 18.8 Å². The Kier molecular flexibility index (Phi) is 3.72. The molecule has 1 unspecified atom stereocenters. The van der Waals surface area contributed by atoms with Crippen molar-refractivity contribution in [3.05, 3.63) is 0 Å². The first-order chi connectivity index (χ1) is 6.19. The number of carbonyl (C=O) groups is 1. The molecule has 1 rings (SSSR count). The summed E-state index contributed by atoms with van der Waals surface area (Å²) in [5, 5.41) is 8.88. The highest BCUT2D eigenvalue weighted by molar-refractivity contribution is 5.73. The van der Waals surface area contributed by atoms with Crippen molar-refractivity contribution in [1.29, 1.82) is 0 Å². The van der Waals surface area contributed by atoms with E-state index in [1.807, 2.05) is 6.92 Å². The summed E-state index contributed by atoms with van der Waals surface area (Å²) in [5.74, 6) is 0.0795. The number of rotatable bonds is 5. The van der Waals surface area contributed by atoms with Crippen LogP contribution in [0.2, 0.25) is 0 Å². The molecule has 0 bridgehead atoms. The molecule has 3 heteroatoms. The summed E-state index contributed by atoms with van der Waals surface area (Å²) >= 11 is 0. The number of carboxylic acid groups (broad SMARTS) is 1. The van der Waals surface area contributed by atoms with E-state index in [0.29, 0.717) is 6.42 Å². The molecule has 3 nitrogen and oxygen atoms in total. The smallest absolute Gasteiger partial charge is 0.320 e. The van der Waals surface area contributed by atoms with Crippen molar-refractivity contribution in [2.75, 3.05) is 13.1 Å². The molecule has 1 atom stereocenters. The molecule has 1 fully saturated rings. The molecule has 0 amide bonds. The maximum Gasteiger partial charge on any atom is 0.320 e. The molecule has 1 N–H and O–H groups in total. The Labute approximate surface area is 79.7 Å². The van der Waals surface area contributed by atoms with Crippen molar-refractivity contribution in [2.24, 2.45) is 5.92 Å². The highest BCUT2D eigenvalue weighted by Gasteiger charge is 2.34. The fraction of sp³-hybridized carbons (Fsp3) is 0.900. The lowest BCUT2D eigenvalue weighted by Crippen LogP contribution is -2.54. The zero-order chi connectivity index (χ0) is 9.84. The third-order valence-corrected chi connectivity index (χ3v) is 2.79. The van der Waals surface area contributed by atoms with Crippen LogP contribution in [0.5, 0.6) is 0 Å².